The largest absolute Gasteiger partial charge is 0.480 e. The van der Waals surface area contributed by atoms with Crippen LogP contribution < -0.4 is 5.32 Å². The number of aromatic amines is 1. The molecule has 3 N–H and O–H groups in total. The van der Waals surface area contributed by atoms with Crippen LogP contribution in [0.25, 0.3) is 21.7 Å². The van der Waals surface area contributed by atoms with Crippen LogP contribution in [0.3, 0.4) is 0 Å². The van der Waals surface area contributed by atoms with Gasteiger partial charge >= 0.3 is 5.97 Å². The fourth-order valence-electron chi connectivity index (χ4n) is 2.98. The van der Waals surface area contributed by atoms with Crippen LogP contribution in [-0.4, -0.2) is 40.2 Å². The number of aromatic nitrogens is 1. The molecule has 1 unspecified atom stereocenters. The monoisotopic (exact) mass is 368 g/mol. The average Bonchev–Trinajstić information content (AvgIpc) is 3.04. The number of carbonyl (C=O) groups excluding carboxylic acids is 1. The van der Waals surface area contributed by atoms with E-state index in [2.05, 4.69) is 10.3 Å². The van der Waals surface area contributed by atoms with Gasteiger partial charge in [-0.3, -0.25) is 4.79 Å². The van der Waals surface area contributed by atoms with Gasteiger partial charge in [0.25, 0.3) is 5.91 Å². The van der Waals surface area contributed by atoms with Crippen molar-refractivity contribution in [2.24, 2.45) is 0 Å². The van der Waals surface area contributed by atoms with Crippen LogP contribution in [0.15, 0.2) is 42.5 Å². The van der Waals surface area contributed by atoms with E-state index in [0.717, 1.165) is 21.7 Å². The third kappa shape index (κ3) is 4.46. The van der Waals surface area contributed by atoms with Crippen molar-refractivity contribution < 1.29 is 19.4 Å². The zero-order chi connectivity index (χ0) is 19.6. The molecule has 0 bridgehead atoms. The second kappa shape index (κ2) is 7.40. The highest BCUT2D eigenvalue weighted by atomic mass is 16.5. The predicted molar refractivity (Wildman–Crippen MR) is 105 cm³/mol. The standard InChI is InChI=1S/C21H24N2O4/c1-21(2,3)27-11-10-17(20(25)26)23-19(24)18-12-15-14-7-5-4-6-13(14)8-9-16(15)22-18/h4-9,12,17,22H,10-11H2,1-3H3,(H,23,24)(H,25,26). The van der Waals surface area contributed by atoms with Gasteiger partial charge in [-0.1, -0.05) is 30.3 Å². The van der Waals surface area contributed by atoms with Gasteiger partial charge in [-0.15, -0.1) is 0 Å². The van der Waals surface area contributed by atoms with Crippen LogP contribution in [0.1, 0.15) is 37.7 Å². The SMILES string of the molecule is CC(C)(C)OCCC(NC(=O)c1cc2c(ccc3ccccc32)[nH]1)C(=O)O. The number of carboxylic acid groups (broad SMARTS) is 1. The van der Waals surface area contributed by atoms with E-state index in [0.29, 0.717) is 5.69 Å². The summed E-state index contributed by atoms with van der Waals surface area (Å²) >= 11 is 0. The van der Waals surface area contributed by atoms with E-state index in [-0.39, 0.29) is 18.6 Å². The van der Waals surface area contributed by atoms with Crippen molar-refractivity contribution in [3.05, 3.63) is 48.2 Å². The lowest BCUT2D eigenvalue weighted by Gasteiger charge is -2.21. The number of aliphatic carboxylic acids is 1. The quantitative estimate of drug-likeness (QED) is 0.618. The summed E-state index contributed by atoms with van der Waals surface area (Å²) in [5.41, 5.74) is 0.816. The lowest BCUT2D eigenvalue weighted by atomic mass is 10.1. The third-order valence-electron chi connectivity index (χ3n) is 4.32. The molecular formula is C21H24N2O4. The van der Waals surface area contributed by atoms with E-state index >= 15 is 0 Å². The molecule has 0 fully saturated rings. The summed E-state index contributed by atoms with van der Waals surface area (Å²) in [6.45, 7) is 5.95. The molecule has 3 rings (SSSR count). The molecule has 2 aromatic carbocycles. The average molecular weight is 368 g/mol. The summed E-state index contributed by atoms with van der Waals surface area (Å²) in [7, 11) is 0. The molecule has 0 saturated heterocycles. The summed E-state index contributed by atoms with van der Waals surface area (Å²) in [5.74, 6) is -1.53. The van der Waals surface area contributed by atoms with Crippen LogP contribution >= 0.6 is 0 Å². The van der Waals surface area contributed by atoms with Gasteiger partial charge in [-0.2, -0.15) is 0 Å². The number of amides is 1. The Kier molecular flexibility index (Phi) is 5.19. The Morgan fingerprint density at radius 1 is 1.15 bits per heavy atom. The van der Waals surface area contributed by atoms with Gasteiger partial charge < -0.3 is 20.1 Å². The van der Waals surface area contributed by atoms with Gasteiger partial charge in [-0.25, -0.2) is 4.79 Å². The molecule has 1 amide bonds. The van der Waals surface area contributed by atoms with Gasteiger partial charge in [0.05, 0.1) is 5.60 Å². The number of nitrogens with one attached hydrogen (secondary N) is 2. The molecule has 3 aromatic rings. The normalized spacial score (nSPS) is 13.0. The number of rotatable bonds is 6. The van der Waals surface area contributed by atoms with Gasteiger partial charge in [0.15, 0.2) is 0 Å². The molecule has 6 nitrogen and oxygen atoms in total. The molecule has 142 valence electrons. The van der Waals surface area contributed by atoms with E-state index < -0.39 is 17.9 Å². The minimum atomic E-state index is -1.08. The smallest absolute Gasteiger partial charge is 0.326 e. The Bertz CT molecular complexity index is 985. The Morgan fingerprint density at radius 2 is 1.89 bits per heavy atom. The van der Waals surface area contributed by atoms with Crippen LogP contribution in [0, 0.1) is 0 Å². The summed E-state index contributed by atoms with van der Waals surface area (Å²) in [6.07, 6.45) is 0.196. The van der Waals surface area contributed by atoms with Crippen molar-refractivity contribution >= 4 is 33.6 Å². The third-order valence-corrected chi connectivity index (χ3v) is 4.32. The molecule has 0 aliphatic rings. The summed E-state index contributed by atoms with van der Waals surface area (Å²) in [6, 6.07) is 12.6. The number of ether oxygens (including phenoxy) is 1. The molecular weight excluding hydrogens is 344 g/mol. The fourth-order valence-corrected chi connectivity index (χ4v) is 2.98. The molecule has 6 heteroatoms. The number of hydrogen-bond donors (Lipinski definition) is 3. The van der Waals surface area contributed by atoms with Crippen molar-refractivity contribution in [3.63, 3.8) is 0 Å². The van der Waals surface area contributed by atoms with Crippen molar-refractivity contribution in [1.82, 2.24) is 10.3 Å². The topological polar surface area (TPSA) is 91.4 Å². The number of hydrogen-bond acceptors (Lipinski definition) is 3. The van der Waals surface area contributed by atoms with Crippen LogP contribution in [0.2, 0.25) is 0 Å². The van der Waals surface area contributed by atoms with E-state index in [1.807, 2.05) is 57.2 Å². The van der Waals surface area contributed by atoms with Gasteiger partial charge in [0.1, 0.15) is 11.7 Å². The van der Waals surface area contributed by atoms with Crippen LogP contribution in [0.4, 0.5) is 0 Å². The first-order chi connectivity index (χ1) is 12.7. The molecule has 0 aliphatic carbocycles. The van der Waals surface area contributed by atoms with Gasteiger partial charge in [0, 0.05) is 23.9 Å². The minimum absolute atomic E-state index is 0.196. The Morgan fingerprint density at radius 3 is 2.59 bits per heavy atom. The van der Waals surface area contributed by atoms with Crippen molar-refractivity contribution in [2.45, 2.75) is 38.8 Å². The summed E-state index contributed by atoms with van der Waals surface area (Å²) in [4.78, 5) is 27.1. The second-order valence-corrected chi connectivity index (χ2v) is 7.54. The Balaban J connectivity index is 1.77. The molecule has 0 radical (unpaired) electrons. The fraction of sp³-hybridized carbons (Fsp3) is 0.333. The van der Waals surface area contributed by atoms with Gasteiger partial charge in [-0.05, 0) is 43.7 Å². The van der Waals surface area contributed by atoms with Gasteiger partial charge in [0.2, 0.25) is 0 Å². The Hall–Kier alpha value is -2.86. The highest BCUT2D eigenvalue weighted by molar-refractivity contribution is 6.10. The lowest BCUT2D eigenvalue weighted by molar-refractivity contribution is -0.140. The first kappa shape index (κ1) is 18.9. The maximum atomic E-state index is 12.6. The number of H-pyrrole nitrogens is 1. The molecule has 0 saturated carbocycles. The number of carbonyl (C=O) groups is 2. The maximum absolute atomic E-state index is 12.6. The molecule has 0 aliphatic heterocycles. The van der Waals surface area contributed by atoms with E-state index in [1.54, 1.807) is 6.07 Å². The Labute approximate surface area is 157 Å². The van der Waals surface area contributed by atoms with Crippen LogP contribution in [0.5, 0.6) is 0 Å². The number of fused-ring (bicyclic) bond motifs is 3. The van der Waals surface area contributed by atoms with E-state index in [4.69, 9.17) is 4.74 Å². The number of benzene rings is 2. The number of carboxylic acids is 1. The molecule has 27 heavy (non-hydrogen) atoms. The zero-order valence-corrected chi connectivity index (χ0v) is 15.7. The molecule has 0 spiro atoms. The highest BCUT2D eigenvalue weighted by Crippen LogP contribution is 2.25. The first-order valence-electron chi connectivity index (χ1n) is 8.93. The lowest BCUT2D eigenvalue weighted by Crippen LogP contribution is -2.42. The van der Waals surface area contributed by atoms with E-state index in [9.17, 15) is 14.7 Å². The van der Waals surface area contributed by atoms with Crippen molar-refractivity contribution in [3.8, 4) is 0 Å². The summed E-state index contributed by atoms with van der Waals surface area (Å²) < 4.78 is 5.57. The van der Waals surface area contributed by atoms with Crippen molar-refractivity contribution in [2.75, 3.05) is 6.61 Å². The van der Waals surface area contributed by atoms with E-state index in [1.165, 1.54) is 0 Å². The molecule has 1 atom stereocenters. The second-order valence-electron chi connectivity index (χ2n) is 7.54. The zero-order valence-electron chi connectivity index (χ0n) is 15.7. The van der Waals surface area contributed by atoms with Crippen molar-refractivity contribution in [1.29, 1.82) is 0 Å². The highest BCUT2D eigenvalue weighted by Gasteiger charge is 2.23. The minimum Gasteiger partial charge on any atom is -0.480 e. The summed E-state index contributed by atoms with van der Waals surface area (Å²) in [5, 5.41) is 15.0. The molecule has 1 heterocycles. The molecule has 1 aromatic heterocycles. The first-order valence-corrected chi connectivity index (χ1v) is 8.93. The maximum Gasteiger partial charge on any atom is 0.326 e. The van der Waals surface area contributed by atoms with Crippen LogP contribution in [-0.2, 0) is 9.53 Å². The predicted octanol–water partition coefficient (Wildman–Crippen LogP) is 3.71.